The fraction of sp³-hybridized carbons (Fsp3) is 0.600. The zero-order chi connectivity index (χ0) is 14.2. The molecule has 19 heavy (non-hydrogen) atoms. The zero-order valence-electron chi connectivity index (χ0n) is 12.0. The molecule has 1 aromatic rings. The van der Waals surface area contributed by atoms with E-state index in [1.54, 1.807) is 18.3 Å². The van der Waals surface area contributed by atoms with Crippen LogP contribution in [0.4, 0.5) is 5.69 Å². The summed E-state index contributed by atoms with van der Waals surface area (Å²) < 4.78 is 0. The standard InChI is InChI=1S/C15H20N2OS/c1-9(18)14-13(17-8-16)11-7-10(15(2,3)4)5-6-12(11)19-14/h10,17H,5-7H2,1-4H3/t10-/m1/s1. The number of Topliss-reactive ketones (excluding diaryl/α,β-unsaturated/α-hetero) is 1. The predicted octanol–water partition coefficient (Wildman–Crippen LogP) is 3.99. The van der Waals surface area contributed by atoms with Crippen molar-refractivity contribution in [1.29, 1.82) is 5.26 Å². The third-order valence-corrected chi connectivity index (χ3v) is 5.38. The van der Waals surface area contributed by atoms with Crippen LogP contribution in [-0.4, -0.2) is 5.78 Å². The van der Waals surface area contributed by atoms with E-state index in [1.165, 1.54) is 16.9 Å². The topological polar surface area (TPSA) is 52.9 Å². The van der Waals surface area contributed by atoms with Crippen LogP contribution in [0.2, 0.25) is 0 Å². The van der Waals surface area contributed by atoms with Crippen molar-refractivity contribution in [2.45, 2.75) is 47.0 Å². The Morgan fingerprint density at radius 2 is 2.16 bits per heavy atom. The van der Waals surface area contributed by atoms with E-state index in [1.807, 2.05) is 6.19 Å². The summed E-state index contributed by atoms with van der Waals surface area (Å²) in [6.07, 6.45) is 5.13. The van der Waals surface area contributed by atoms with Crippen LogP contribution < -0.4 is 5.32 Å². The fourth-order valence-electron chi connectivity index (χ4n) is 2.76. The van der Waals surface area contributed by atoms with Gasteiger partial charge in [-0.2, -0.15) is 5.26 Å². The molecule has 0 spiro atoms. The molecule has 1 aliphatic rings. The van der Waals surface area contributed by atoms with E-state index < -0.39 is 0 Å². The van der Waals surface area contributed by atoms with Crippen LogP contribution in [0.1, 0.15) is 54.2 Å². The molecule has 0 aliphatic heterocycles. The third kappa shape index (κ3) is 2.66. The molecule has 1 aromatic heterocycles. The van der Waals surface area contributed by atoms with Gasteiger partial charge >= 0.3 is 0 Å². The second kappa shape index (κ2) is 4.97. The smallest absolute Gasteiger partial charge is 0.181 e. The highest BCUT2D eigenvalue weighted by molar-refractivity contribution is 7.15. The largest absolute Gasteiger partial charge is 0.294 e. The molecule has 102 valence electrons. The van der Waals surface area contributed by atoms with Crippen LogP contribution in [0.3, 0.4) is 0 Å². The number of ketones is 1. The molecular formula is C15H20N2OS. The Bertz CT molecular complexity index is 546. The average Bonchev–Trinajstić information content (AvgIpc) is 2.67. The predicted molar refractivity (Wildman–Crippen MR) is 78.5 cm³/mol. The molecule has 4 heteroatoms. The van der Waals surface area contributed by atoms with Gasteiger partial charge in [-0.25, -0.2) is 0 Å². The summed E-state index contributed by atoms with van der Waals surface area (Å²) in [6.45, 7) is 8.36. The summed E-state index contributed by atoms with van der Waals surface area (Å²) in [5.74, 6) is 0.651. The lowest BCUT2D eigenvalue weighted by molar-refractivity contribution is 0.102. The molecule has 1 heterocycles. The zero-order valence-corrected chi connectivity index (χ0v) is 12.8. The molecule has 2 rings (SSSR count). The number of nitriles is 1. The van der Waals surface area contributed by atoms with Gasteiger partial charge in [-0.15, -0.1) is 11.3 Å². The van der Waals surface area contributed by atoms with Crippen LogP contribution in [-0.2, 0) is 12.8 Å². The number of rotatable bonds is 2. The van der Waals surface area contributed by atoms with Gasteiger partial charge in [-0.1, -0.05) is 20.8 Å². The molecule has 0 bridgehead atoms. The summed E-state index contributed by atoms with van der Waals surface area (Å²) in [4.78, 5) is 13.7. The minimum Gasteiger partial charge on any atom is -0.294 e. The van der Waals surface area contributed by atoms with Crippen molar-refractivity contribution in [2.24, 2.45) is 11.3 Å². The van der Waals surface area contributed by atoms with E-state index in [9.17, 15) is 4.79 Å². The fourth-order valence-corrected chi connectivity index (χ4v) is 3.95. The molecule has 0 saturated carbocycles. The second-order valence-electron chi connectivity index (χ2n) is 6.31. The molecule has 0 unspecified atom stereocenters. The summed E-state index contributed by atoms with van der Waals surface area (Å²) in [6, 6.07) is 0. The lowest BCUT2D eigenvalue weighted by atomic mass is 9.72. The number of anilines is 1. The van der Waals surface area contributed by atoms with E-state index in [0.29, 0.717) is 10.8 Å². The van der Waals surface area contributed by atoms with Gasteiger partial charge in [0, 0.05) is 11.8 Å². The van der Waals surface area contributed by atoms with Gasteiger partial charge in [0.15, 0.2) is 12.0 Å². The van der Waals surface area contributed by atoms with Gasteiger partial charge in [0.25, 0.3) is 0 Å². The molecule has 0 fully saturated rings. The molecule has 0 amide bonds. The Morgan fingerprint density at radius 1 is 1.47 bits per heavy atom. The Hall–Kier alpha value is -1.34. The quantitative estimate of drug-likeness (QED) is 0.505. The monoisotopic (exact) mass is 276 g/mol. The Labute approximate surface area is 118 Å². The second-order valence-corrected chi connectivity index (χ2v) is 7.41. The van der Waals surface area contributed by atoms with Crippen LogP contribution in [0.25, 0.3) is 0 Å². The number of nitrogens with one attached hydrogen (secondary N) is 1. The highest BCUT2D eigenvalue weighted by Crippen LogP contribution is 2.44. The average molecular weight is 276 g/mol. The lowest BCUT2D eigenvalue weighted by Crippen LogP contribution is -2.26. The maximum Gasteiger partial charge on any atom is 0.181 e. The van der Waals surface area contributed by atoms with Crippen molar-refractivity contribution < 1.29 is 4.79 Å². The molecule has 1 aliphatic carbocycles. The van der Waals surface area contributed by atoms with E-state index in [4.69, 9.17) is 5.26 Å². The maximum absolute atomic E-state index is 11.7. The first-order chi connectivity index (χ1) is 8.84. The molecule has 0 radical (unpaired) electrons. The molecule has 1 atom stereocenters. The number of carbonyl (C=O) groups excluding carboxylic acids is 1. The van der Waals surface area contributed by atoms with Crippen LogP contribution in [0.5, 0.6) is 0 Å². The minimum atomic E-state index is 0.0458. The van der Waals surface area contributed by atoms with Gasteiger partial charge in [-0.3, -0.25) is 10.1 Å². The number of aryl methyl sites for hydroxylation is 1. The van der Waals surface area contributed by atoms with Crippen LogP contribution in [0.15, 0.2) is 0 Å². The number of hydrogen-bond acceptors (Lipinski definition) is 4. The third-order valence-electron chi connectivity index (χ3n) is 3.99. The van der Waals surface area contributed by atoms with Gasteiger partial charge < -0.3 is 0 Å². The Balaban J connectivity index is 2.43. The highest BCUT2D eigenvalue weighted by atomic mass is 32.1. The molecule has 0 saturated heterocycles. The number of carbonyl (C=O) groups is 1. The van der Waals surface area contributed by atoms with Crippen molar-refractivity contribution in [3.05, 3.63) is 15.3 Å². The number of fused-ring (bicyclic) bond motifs is 1. The van der Waals surface area contributed by atoms with Crippen molar-refractivity contribution >= 4 is 22.8 Å². The first-order valence-corrected chi connectivity index (χ1v) is 7.46. The first-order valence-electron chi connectivity index (χ1n) is 6.65. The van der Waals surface area contributed by atoms with Crippen LogP contribution in [0, 0.1) is 22.8 Å². The summed E-state index contributed by atoms with van der Waals surface area (Å²) in [5.41, 5.74) is 2.23. The maximum atomic E-state index is 11.7. The Kier molecular flexibility index (Phi) is 3.69. The van der Waals surface area contributed by atoms with E-state index in [0.717, 1.165) is 18.5 Å². The minimum absolute atomic E-state index is 0.0458. The van der Waals surface area contributed by atoms with Gasteiger partial charge in [0.1, 0.15) is 0 Å². The van der Waals surface area contributed by atoms with Gasteiger partial charge in [-0.05, 0) is 36.2 Å². The summed E-state index contributed by atoms with van der Waals surface area (Å²) >= 11 is 1.56. The molecular weight excluding hydrogens is 256 g/mol. The van der Waals surface area contributed by atoms with E-state index in [-0.39, 0.29) is 11.2 Å². The number of thiophene rings is 1. The molecule has 3 nitrogen and oxygen atoms in total. The summed E-state index contributed by atoms with van der Waals surface area (Å²) in [7, 11) is 0. The highest BCUT2D eigenvalue weighted by Gasteiger charge is 2.32. The van der Waals surface area contributed by atoms with Crippen molar-refractivity contribution in [1.82, 2.24) is 0 Å². The van der Waals surface area contributed by atoms with Crippen molar-refractivity contribution in [3.8, 4) is 6.19 Å². The lowest BCUT2D eigenvalue weighted by Gasteiger charge is -2.34. The first kappa shape index (κ1) is 14.1. The normalized spacial score (nSPS) is 18.6. The Morgan fingerprint density at radius 3 is 2.68 bits per heavy atom. The van der Waals surface area contributed by atoms with Crippen LogP contribution >= 0.6 is 11.3 Å². The van der Waals surface area contributed by atoms with Gasteiger partial charge in [0.05, 0.1) is 10.6 Å². The van der Waals surface area contributed by atoms with Gasteiger partial charge in [0.2, 0.25) is 0 Å². The van der Waals surface area contributed by atoms with E-state index >= 15 is 0 Å². The van der Waals surface area contributed by atoms with Crippen molar-refractivity contribution in [3.63, 3.8) is 0 Å². The molecule has 0 aromatic carbocycles. The summed E-state index contributed by atoms with van der Waals surface area (Å²) in [5, 5.41) is 11.6. The SMILES string of the molecule is CC(=O)c1sc2c(c1NC#N)C[C@H](C(C)(C)C)CC2. The molecule has 1 N–H and O–H groups in total. The van der Waals surface area contributed by atoms with Crippen molar-refractivity contribution in [2.75, 3.05) is 5.32 Å². The number of hydrogen-bond donors (Lipinski definition) is 1. The number of nitrogens with zero attached hydrogens (tertiary/aromatic N) is 1. The van der Waals surface area contributed by atoms with E-state index in [2.05, 4.69) is 26.1 Å².